The van der Waals surface area contributed by atoms with E-state index in [1.54, 1.807) is 7.11 Å². The summed E-state index contributed by atoms with van der Waals surface area (Å²) >= 11 is 0. The van der Waals surface area contributed by atoms with Crippen LogP contribution in [0.2, 0.25) is 0 Å². The summed E-state index contributed by atoms with van der Waals surface area (Å²) in [6, 6.07) is 1.32. The van der Waals surface area contributed by atoms with Crippen LogP contribution in [0.4, 0.5) is 20.7 Å². The number of hydrogen-bond acceptors (Lipinski definition) is 9. The normalized spacial score (nSPS) is 29.6. The fourth-order valence-corrected chi connectivity index (χ4v) is 5.99. The van der Waals surface area contributed by atoms with Crippen molar-refractivity contribution in [3.63, 3.8) is 0 Å². The second kappa shape index (κ2) is 7.74. The first-order valence-electron chi connectivity index (χ1n) is 11.4. The highest BCUT2D eigenvalue weighted by Crippen LogP contribution is 2.48. The monoisotopic (exact) mass is 471 g/mol. The van der Waals surface area contributed by atoms with Crippen LogP contribution in [-0.4, -0.2) is 81.5 Å². The molecule has 180 valence electrons. The first-order chi connectivity index (χ1) is 16.4. The minimum Gasteiger partial charge on any atom is -0.447 e. The molecule has 11 heteroatoms. The molecule has 2 aromatic rings. The van der Waals surface area contributed by atoms with Crippen molar-refractivity contribution in [1.29, 1.82) is 0 Å². The number of benzene rings is 1. The lowest BCUT2D eigenvalue weighted by atomic mass is 9.69. The van der Waals surface area contributed by atoms with Crippen molar-refractivity contribution in [2.75, 3.05) is 43.3 Å². The number of amides is 1. The Morgan fingerprint density at radius 3 is 2.85 bits per heavy atom. The van der Waals surface area contributed by atoms with E-state index in [1.807, 2.05) is 32.3 Å². The molecule has 1 aromatic heterocycles. The quantitative estimate of drug-likeness (QED) is 0.678. The number of aliphatic imine (C=N–C) groups is 2. The predicted octanol–water partition coefficient (Wildman–Crippen LogP) is 2.58. The molecule has 1 aromatic carbocycles. The first kappa shape index (κ1) is 21.5. The highest BCUT2D eigenvalue weighted by atomic mass is 19.1. The van der Waals surface area contributed by atoms with Gasteiger partial charge in [0.1, 0.15) is 13.3 Å². The zero-order chi connectivity index (χ0) is 23.6. The van der Waals surface area contributed by atoms with Gasteiger partial charge in [0.2, 0.25) is 5.58 Å². The topological polar surface area (TPSA) is 102 Å². The molecule has 4 atom stereocenters. The average molecular weight is 471 g/mol. The van der Waals surface area contributed by atoms with Crippen molar-refractivity contribution in [1.82, 2.24) is 5.16 Å². The Bertz CT molecular complexity index is 1200. The molecule has 0 bridgehead atoms. The number of carbonyl (C=O) groups excluding carboxylic acids is 1. The van der Waals surface area contributed by atoms with Gasteiger partial charge in [0.15, 0.2) is 11.6 Å². The molecule has 10 nitrogen and oxygen atoms in total. The van der Waals surface area contributed by atoms with E-state index in [0.717, 1.165) is 5.56 Å². The van der Waals surface area contributed by atoms with E-state index in [4.69, 9.17) is 18.7 Å². The third-order valence-corrected chi connectivity index (χ3v) is 7.13. The predicted molar refractivity (Wildman–Crippen MR) is 123 cm³/mol. The third-order valence-electron chi connectivity index (χ3n) is 7.13. The van der Waals surface area contributed by atoms with Gasteiger partial charge in [-0.2, -0.15) is 0 Å². The number of hydrogen-bond donors (Lipinski definition) is 0. The summed E-state index contributed by atoms with van der Waals surface area (Å²) < 4.78 is 38.2. The van der Waals surface area contributed by atoms with Gasteiger partial charge in [-0.1, -0.05) is 5.16 Å². The van der Waals surface area contributed by atoms with E-state index >= 15 is 4.39 Å². The van der Waals surface area contributed by atoms with Crippen LogP contribution in [-0.2, 0) is 20.6 Å². The number of cyclic esters (lactones) is 1. The van der Waals surface area contributed by atoms with Gasteiger partial charge >= 0.3 is 6.09 Å². The molecule has 0 aliphatic carbocycles. The second-order valence-corrected chi connectivity index (χ2v) is 9.44. The van der Waals surface area contributed by atoms with E-state index in [0.29, 0.717) is 30.7 Å². The Morgan fingerprint density at radius 1 is 1.29 bits per heavy atom. The van der Waals surface area contributed by atoms with Crippen LogP contribution in [0.1, 0.15) is 19.4 Å². The molecule has 1 spiro atoms. The molecule has 0 saturated carbocycles. The number of ether oxygens (including phenoxy) is 3. The molecule has 6 rings (SSSR count). The fraction of sp³-hybridized carbons (Fsp3) is 0.565. The van der Waals surface area contributed by atoms with Crippen molar-refractivity contribution < 1.29 is 27.9 Å². The molecule has 4 aliphatic rings. The van der Waals surface area contributed by atoms with Gasteiger partial charge in [-0.3, -0.25) is 9.98 Å². The molecule has 1 amide bonds. The molecule has 0 N–H and O–H groups in total. The number of carbonyl (C=O) groups is 1. The molecule has 2 saturated heterocycles. The summed E-state index contributed by atoms with van der Waals surface area (Å²) in [5, 5.41) is 4.51. The molecular weight excluding hydrogens is 445 g/mol. The van der Waals surface area contributed by atoms with Crippen LogP contribution in [0.15, 0.2) is 20.6 Å². The molecule has 2 fully saturated rings. The summed E-state index contributed by atoms with van der Waals surface area (Å²) in [7, 11) is 1.55. The van der Waals surface area contributed by atoms with Crippen LogP contribution in [0.25, 0.3) is 11.0 Å². The third kappa shape index (κ3) is 2.99. The minimum absolute atomic E-state index is 0.0112. The number of fused-ring (bicyclic) bond motifs is 5. The highest BCUT2D eigenvalue weighted by Gasteiger charge is 2.52. The number of methoxy groups -OCH3 is 1. The van der Waals surface area contributed by atoms with Gasteiger partial charge in [-0.15, -0.1) is 0 Å². The highest BCUT2D eigenvalue weighted by molar-refractivity contribution is 6.02. The number of morpholine rings is 1. The number of halogens is 1. The average Bonchev–Trinajstić information content (AvgIpc) is 3.37. The van der Waals surface area contributed by atoms with Crippen LogP contribution in [0, 0.1) is 11.2 Å². The van der Waals surface area contributed by atoms with Gasteiger partial charge in [0.25, 0.3) is 0 Å². The number of nitrogens with zero attached hydrogens (tertiary/aromatic N) is 5. The number of anilines is 2. The zero-order valence-corrected chi connectivity index (χ0v) is 19.2. The van der Waals surface area contributed by atoms with Crippen molar-refractivity contribution in [2.24, 2.45) is 15.4 Å². The Hall–Kier alpha value is -3.05. The van der Waals surface area contributed by atoms with Gasteiger partial charge in [0, 0.05) is 26.1 Å². The second-order valence-electron chi connectivity index (χ2n) is 9.44. The maximum absolute atomic E-state index is 16.1. The van der Waals surface area contributed by atoms with Crippen LogP contribution >= 0.6 is 0 Å². The molecule has 4 aliphatic heterocycles. The molecule has 0 unspecified atom stereocenters. The van der Waals surface area contributed by atoms with Crippen LogP contribution in [0.5, 0.6) is 0 Å². The van der Waals surface area contributed by atoms with Crippen molar-refractivity contribution in [3.05, 3.63) is 17.4 Å². The smallest absolute Gasteiger partial charge is 0.416 e. The molecule has 0 radical (unpaired) electrons. The van der Waals surface area contributed by atoms with Gasteiger partial charge < -0.3 is 23.6 Å². The minimum atomic E-state index is -0.561. The van der Waals surface area contributed by atoms with Gasteiger partial charge in [0.05, 0.1) is 47.4 Å². The molecular formula is C23H26FN5O5. The van der Waals surface area contributed by atoms with Crippen molar-refractivity contribution in [3.8, 4) is 0 Å². The van der Waals surface area contributed by atoms with Gasteiger partial charge in [-0.25, -0.2) is 14.1 Å². The van der Waals surface area contributed by atoms with E-state index in [9.17, 15) is 4.79 Å². The van der Waals surface area contributed by atoms with Crippen LogP contribution in [0.3, 0.4) is 0 Å². The van der Waals surface area contributed by atoms with E-state index in [-0.39, 0.29) is 48.9 Å². The molecule has 5 heterocycles. The van der Waals surface area contributed by atoms with E-state index in [2.05, 4.69) is 20.0 Å². The maximum atomic E-state index is 16.1. The summed E-state index contributed by atoms with van der Waals surface area (Å²) in [4.78, 5) is 24.8. The van der Waals surface area contributed by atoms with E-state index < -0.39 is 17.3 Å². The lowest BCUT2D eigenvalue weighted by Gasteiger charge is -2.54. The van der Waals surface area contributed by atoms with Crippen molar-refractivity contribution in [2.45, 2.75) is 44.6 Å². The fourth-order valence-electron chi connectivity index (χ4n) is 5.99. The summed E-state index contributed by atoms with van der Waals surface area (Å²) in [6.45, 7) is 5.31. The SMILES string of the molecule is COC[C@@H]1COC(=O)N1c1noc2c(F)c3c(cc12)CC1(C=NCN=C1)[C@H]1[C@H](C)O[C@H](C)CN31. The standard InChI is InChI=1S/C23H26FN5O5/c1-12-6-28-18-14(5-23(9-25-11-26-10-23)20(28)13(2)33-12)4-16-19(17(18)24)34-27-21(16)29-15(7-31-3)8-32-22(29)30/h4,9-10,12-13,15,20H,5-8,11H2,1-3H3/t12-,13+,15-,20-/m1/s1. The lowest BCUT2D eigenvalue weighted by molar-refractivity contribution is -0.0432. The largest absolute Gasteiger partial charge is 0.447 e. The Kier molecular flexibility index (Phi) is 4.89. The first-order valence-corrected chi connectivity index (χ1v) is 11.4. The Labute approximate surface area is 195 Å². The Morgan fingerprint density at radius 2 is 2.09 bits per heavy atom. The van der Waals surface area contributed by atoms with Crippen molar-refractivity contribution >= 4 is 41.0 Å². The number of rotatable bonds is 3. The van der Waals surface area contributed by atoms with Crippen LogP contribution < -0.4 is 9.80 Å². The summed E-state index contributed by atoms with van der Waals surface area (Å²) in [5.41, 5.74) is 0.741. The zero-order valence-electron chi connectivity index (χ0n) is 19.2. The Balaban J connectivity index is 1.53. The van der Waals surface area contributed by atoms with Gasteiger partial charge in [-0.05, 0) is 31.9 Å². The maximum Gasteiger partial charge on any atom is 0.416 e. The number of aromatic nitrogens is 1. The summed E-state index contributed by atoms with van der Waals surface area (Å²) in [5.74, 6) is -0.264. The molecule has 34 heavy (non-hydrogen) atoms. The summed E-state index contributed by atoms with van der Waals surface area (Å²) in [6.07, 6.45) is 3.54. The van der Waals surface area contributed by atoms with E-state index in [1.165, 1.54) is 4.90 Å². The lowest BCUT2D eigenvalue weighted by Crippen LogP contribution is -2.65.